The molecule has 0 spiro atoms. The molecule has 0 fully saturated rings. The van der Waals surface area contributed by atoms with E-state index in [0.29, 0.717) is 6.54 Å². The normalized spacial score (nSPS) is 11.2. The monoisotopic (exact) mass is 462 g/mol. The Morgan fingerprint density at radius 2 is 1.75 bits per heavy atom. The summed E-state index contributed by atoms with van der Waals surface area (Å²) in [4.78, 5) is 27.2. The lowest BCUT2D eigenvalue weighted by atomic mass is 10.1. The van der Waals surface area contributed by atoms with Gasteiger partial charge >= 0.3 is 17.3 Å². The molecule has 1 heterocycles. The number of aromatic nitrogens is 2. The van der Waals surface area contributed by atoms with Crippen LogP contribution in [0.25, 0.3) is 0 Å². The van der Waals surface area contributed by atoms with Crippen molar-refractivity contribution in [2.75, 3.05) is 11.9 Å². The Balaban J connectivity index is 1.72. The van der Waals surface area contributed by atoms with Gasteiger partial charge in [0.15, 0.2) is 13.1 Å². The lowest BCUT2D eigenvalue weighted by Gasteiger charge is -2.15. The van der Waals surface area contributed by atoms with Crippen LogP contribution in [0.2, 0.25) is 5.15 Å². The summed E-state index contributed by atoms with van der Waals surface area (Å²) in [5.74, 6) is -3.87. The van der Waals surface area contributed by atoms with E-state index in [4.69, 9.17) is 17.3 Å². The van der Waals surface area contributed by atoms with Crippen LogP contribution in [0, 0.1) is 0 Å². The molecule has 10 heteroatoms. The number of nitrogens with one attached hydrogen (secondary N) is 3. The van der Waals surface area contributed by atoms with Crippen molar-refractivity contribution in [1.29, 1.82) is 0 Å². The van der Waals surface area contributed by atoms with Crippen LogP contribution in [0.1, 0.15) is 16.7 Å². The second-order valence-electron chi connectivity index (χ2n) is 7.08. The predicted octanol–water partition coefficient (Wildman–Crippen LogP) is 2.29. The van der Waals surface area contributed by atoms with E-state index in [1.807, 2.05) is 24.3 Å². The molecular formula is C22H23ClF2N5O2+. The van der Waals surface area contributed by atoms with Crippen molar-refractivity contribution in [1.82, 2.24) is 10.3 Å². The van der Waals surface area contributed by atoms with Gasteiger partial charge in [0.25, 0.3) is 5.91 Å². The molecule has 5 N–H and O–H groups in total. The molecule has 0 aliphatic rings. The average Bonchev–Trinajstić information content (AvgIpc) is 2.77. The molecule has 1 aromatic heterocycles. The number of alkyl halides is 2. The Kier molecular flexibility index (Phi) is 7.55. The first-order valence-electron chi connectivity index (χ1n) is 9.83. The summed E-state index contributed by atoms with van der Waals surface area (Å²) < 4.78 is 30.3. The Labute approximate surface area is 188 Å². The Morgan fingerprint density at radius 3 is 2.44 bits per heavy atom. The predicted molar refractivity (Wildman–Crippen MR) is 117 cm³/mol. The Morgan fingerprint density at radius 1 is 1.09 bits per heavy atom. The minimum atomic E-state index is -3.24. The molecule has 0 atom stereocenters. The second-order valence-corrected chi connectivity index (χ2v) is 7.49. The van der Waals surface area contributed by atoms with E-state index >= 15 is 0 Å². The maximum atomic E-state index is 14.5. The zero-order valence-electron chi connectivity index (χ0n) is 17.1. The number of nitrogens with two attached hydrogens (primary N) is 1. The zero-order chi connectivity index (χ0) is 23.1. The van der Waals surface area contributed by atoms with Crippen LogP contribution in [0.5, 0.6) is 0 Å². The molecule has 168 valence electrons. The fourth-order valence-corrected chi connectivity index (χ4v) is 3.35. The number of anilines is 1. The number of aromatic amines is 1. The van der Waals surface area contributed by atoms with Crippen LogP contribution in [-0.4, -0.2) is 17.4 Å². The first-order chi connectivity index (χ1) is 15.3. The molecule has 0 saturated carbocycles. The number of amides is 1. The van der Waals surface area contributed by atoms with Gasteiger partial charge in [-0.2, -0.15) is 8.78 Å². The molecule has 0 unspecified atom stereocenters. The summed E-state index contributed by atoms with van der Waals surface area (Å²) in [7, 11) is 0. The molecule has 0 saturated heterocycles. The van der Waals surface area contributed by atoms with E-state index in [0.717, 1.165) is 11.1 Å². The number of nitrogens with zero attached hydrogens (tertiary/aromatic N) is 1. The van der Waals surface area contributed by atoms with Crippen molar-refractivity contribution in [2.45, 2.75) is 25.6 Å². The number of benzene rings is 2. The van der Waals surface area contributed by atoms with E-state index in [1.165, 1.54) is 35.0 Å². The minimum absolute atomic E-state index is 0.0309. The van der Waals surface area contributed by atoms with Crippen LogP contribution >= 0.6 is 11.6 Å². The first kappa shape index (κ1) is 23.4. The van der Waals surface area contributed by atoms with Crippen LogP contribution in [-0.2, 0) is 30.4 Å². The topological polar surface area (TPSA) is 104 Å². The van der Waals surface area contributed by atoms with Gasteiger partial charge in [-0.05, 0) is 11.1 Å². The summed E-state index contributed by atoms with van der Waals surface area (Å²) in [6, 6.07) is 14.6. The van der Waals surface area contributed by atoms with Crippen molar-refractivity contribution in [3.63, 3.8) is 0 Å². The fraction of sp³-hybridized carbons (Fsp3) is 0.227. The van der Waals surface area contributed by atoms with E-state index in [-0.39, 0.29) is 29.6 Å². The van der Waals surface area contributed by atoms with Gasteiger partial charge in [-0.1, -0.05) is 66.2 Å². The Hall–Kier alpha value is -3.30. The standard InChI is InChI=1S/C22H22ClF2N5O2/c23-18-12-30(13-19(31)27-11-16-7-5-4-6-15(16)10-26)20(21(32)29-18)28-14-22(24,25)17-8-2-1-3-9-17/h1-9,12H,10-11,13-14,26H2,(H2,27,29,31,32)/p+1. The number of halogens is 3. The van der Waals surface area contributed by atoms with Gasteiger partial charge in [0.2, 0.25) is 0 Å². The summed E-state index contributed by atoms with van der Waals surface area (Å²) >= 11 is 5.91. The van der Waals surface area contributed by atoms with Gasteiger partial charge in [0.05, 0.1) is 0 Å². The molecule has 7 nitrogen and oxygen atoms in total. The average molecular weight is 463 g/mol. The summed E-state index contributed by atoms with van der Waals surface area (Å²) in [5, 5.41) is 5.17. The summed E-state index contributed by atoms with van der Waals surface area (Å²) in [6.45, 7) is -0.576. The third kappa shape index (κ3) is 5.89. The van der Waals surface area contributed by atoms with Gasteiger partial charge in [0, 0.05) is 18.7 Å². The summed E-state index contributed by atoms with van der Waals surface area (Å²) in [5.41, 5.74) is 6.54. The fourth-order valence-electron chi connectivity index (χ4n) is 3.15. The van der Waals surface area contributed by atoms with Gasteiger partial charge in [-0.3, -0.25) is 14.9 Å². The van der Waals surface area contributed by atoms with Crippen molar-refractivity contribution < 1.29 is 18.1 Å². The third-order valence-corrected chi connectivity index (χ3v) is 5.00. The molecule has 0 bridgehead atoms. The van der Waals surface area contributed by atoms with Crippen molar-refractivity contribution in [3.8, 4) is 0 Å². The van der Waals surface area contributed by atoms with E-state index in [2.05, 4.69) is 15.6 Å². The van der Waals surface area contributed by atoms with E-state index < -0.39 is 23.9 Å². The lowest BCUT2D eigenvalue weighted by molar-refractivity contribution is -0.671. The van der Waals surface area contributed by atoms with Crippen LogP contribution in [0.3, 0.4) is 0 Å². The molecule has 0 radical (unpaired) electrons. The molecule has 32 heavy (non-hydrogen) atoms. The molecule has 0 aliphatic heterocycles. The van der Waals surface area contributed by atoms with Crippen LogP contribution in [0.4, 0.5) is 14.6 Å². The molecule has 2 aromatic carbocycles. The highest BCUT2D eigenvalue weighted by atomic mass is 35.5. The zero-order valence-corrected chi connectivity index (χ0v) is 17.8. The highest BCUT2D eigenvalue weighted by Gasteiger charge is 2.35. The largest absolute Gasteiger partial charge is 0.349 e. The minimum Gasteiger partial charge on any atom is -0.349 e. The number of carbonyl (C=O) groups is 1. The lowest BCUT2D eigenvalue weighted by Crippen LogP contribution is -2.49. The van der Waals surface area contributed by atoms with Crippen LogP contribution in [0.15, 0.2) is 65.6 Å². The smallest absolute Gasteiger partial charge is 0.341 e. The SMILES string of the molecule is NCc1ccccc1CNC(=O)C[n+]1cc(Cl)[nH]c(=O)c1NCC(F)(F)c1ccccc1. The van der Waals surface area contributed by atoms with Gasteiger partial charge < -0.3 is 16.0 Å². The third-order valence-electron chi connectivity index (χ3n) is 4.81. The molecule has 3 aromatic rings. The molecule has 3 rings (SSSR count). The second kappa shape index (κ2) is 10.3. The van der Waals surface area contributed by atoms with Gasteiger partial charge in [0.1, 0.15) is 11.3 Å². The van der Waals surface area contributed by atoms with Gasteiger partial charge in [-0.15, -0.1) is 0 Å². The molecular weight excluding hydrogens is 440 g/mol. The number of hydrogen-bond acceptors (Lipinski definition) is 4. The number of carbonyl (C=O) groups excluding carboxylic acids is 1. The maximum Gasteiger partial charge on any atom is 0.341 e. The highest BCUT2D eigenvalue weighted by Crippen LogP contribution is 2.27. The number of hydrogen-bond donors (Lipinski definition) is 4. The first-order valence-corrected chi connectivity index (χ1v) is 10.2. The quantitative estimate of drug-likeness (QED) is 0.366. The summed E-state index contributed by atoms with van der Waals surface area (Å²) in [6.07, 6.45) is 1.29. The van der Waals surface area contributed by atoms with Crippen molar-refractivity contribution in [2.24, 2.45) is 5.73 Å². The van der Waals surface area contributed by atoms with E-state index in [9.17, 15) is 18.4 Å². The van der Waals surface area contributed by atoms with Crippen molar-refractivity contribution >= 4 is 23.3 Å². The van der Waals surface area contributed by atoms with Crippen LogP contribution < -0.4 is 26.5 Å². The molecule has 1 amide bonds. The van der Waals surface area contributed by atoms with Gasteiger partial charge in [-0.25, -0.2) is 4.57 Å². The number of H-pyrrole nitrogens is 1. The Bertz CT molecular complexity index is 1140. The van der Waals surface area contributed by atoms with Crippen molar-refractivity contribution in [3.05, 3.63) is 93.0 Å². The number of rotatable bonds is 9. The molecule has 0 aliphatic carbocycles. The maximum absolute atomic E-state index is 14.5. The highest BCUT2D eigenvalue weighted by molar-refractivity contribution is 6.29. The van der Waals surface area contributed by atoms with E-state index in [1.54, 1.807) is 6.07 Å².